The van der Waals surface area contributed by atoms with Crippen molar-refractivity contribution in [2.75, 3.05) is 13.2 Å². The molecular formula is C21H29NO3. The van der Waals surface area contributed by atoms with Crippen molar-refractivity contribution in [2.45, 2.75) is 46.8 Å². The molecule has 1 atom stereocenters. The summed E-state index contributed by atoms with van der Waals surface area (Å²) in [5.74, 6) is 0.587. The lowest BCUT2D eigenvalue weighted by Gasteiger charge is -2.25. The zero-order chi connectivity index (χ0) is 18.4. The Morgan fingerprint density at radius 2 is 1.76 bits per heavy atom. The van der Waals surface area contributed by atoms with E-state index in [1.165, 1.54) is 0 Å². The number of fused-ring (bicyclic) bond motifs is 1. The van der Waals surface area contributed by atoms with Crippen LogP contribution in [0.2, 0.25) is 0 Å². The van der Waals surface area contributed by atoms with Gasteiger partial charge in [0.15, 0.2) is 0 Å². The van der Waals surface area contributed by atoms with Crippen LogP contribution in [-0.4, -0.2) is 31.3 Å². The summed E-state index contributed by atoms with van der Waals surface area (Å²) in [4.78, 5) is 12.2. The molecule has 0 aliphatic carbocycles. The molecule has 0 saturated carbocycles. The number of nitrogens with one attached hydrogen (secondary N) is 1. The van der Waals surface area contributed by atoms with Crippen LogP contribution in [0.3, 0.4) is 0 Å². The highest BCUT2D eigenvalue weighted by Crippen LogP contribution is 2.25. The Morgan fingerprint density at radius 3 is 2.44 bits per heavy atom. The Kier molecular flexibility index (Phi) is 6.43. The Hall–Kier alpha value is -2.07. The third-order valence-electron chi connectivity index (χ3n) is 3.81. The molecule has 0 unspecified atom stereocenters. The predicted octanol–water partition coefficient (Wildman–Crippen LogP) is 4.17. The molecule has 0 saturated heterocycles. The number of esters is 1. The van der Waals surface area contributed by atoms with Crippen LogP contribution in [0.15, 0.2) is 42.5 Å². The fraction of sp³-hybridized carbons (Fsp3) is 0.476. The maximum absolute atomic E-state index is 12.2. The van der Waals surface area contributed by atoms with Crippen molar-refractivity contribution in [3.05, 3.63) is 42.5 Å². The van der Waals surface area contributed by atoms with Gasteiger partial charge in [-0.2, -0.15) is 0 Å². The highest BCUT2D eigenvalue weighted by atomic mass is 16.6. The van der Waals surface area contributed by atoms with Crippen LogP contribution in [0.1, 0.15) is 34.6 Å². The van der Waals surface area contributed by atoms with E-state index in [2.05, 4.69) is 31.3 Å². The van der Waals surface area contributed by atoms with Crippen LogP contribution in [0.5, 0.6) is 5.75 Å². The largest absolute Gasteiger partial charge is 0.489 e. The molecule has 2 aromatic rings. The average Bonchev–Trinajstić information content (AvgIpc) is 2.56. The van der Waals surface area contributed by atoms with Gasteiger partial charge in [0, 0.05) is 18.0 Å². The molecule has 0 amide bonds. The summed E-state index contributed by atoms with van der Waals surface area (Å²) in [6.45, 7) is 10.6. The van der Waals surface area contributed by atoms with Crippen molar-refractivity contribution in [3.63, 3.8) is 0 Å². The molecular weight excluding hydrogens is 314 g/mol. The van der Waals surface area contributed by atoms with Crippen molar-refractivity contribution >= 4 is 16.7 Å². The summed E-state index contributed by atoms with van der Waals surface area (Å²) in [6.07, 6.45) is -0.340. The molecule has 0 spiro atoms. The van der Waals surface area contributed by atoms with E-state index in [0.717, 1.165) is 16.5 Å². The van der Waals surface area contributed by atoms with Gasteiger partial charge in [-0.15, -0.1) is 0 Å². The van der Waals surface area contributed by atoms with Gasteiger partial charge in [0.05, 0.1) is 5.41 Å². The second-order valence-electron chi connectivity index (χ2n) is 7.63. The zero-order valence-electron chi connectivity index (χ0n) is 15.8. The quantitative estimate of drug-likeness (QED) is 0.766. The Bertz CT molecular complexity index is 698. The molecule has 0 aromatic heterocycles. The maximum atomic E-state index is 12.2. The summed E-state index contributed by atoms with van der Waals surface area (Å²) < 4.78 is 11.7. The first-order chi connectivity index (χ1) is 11.8. The van der Waals surface area contributed by atoms with Gasteiger partial charge in [0.1, 0.15) is 18.5 Å². The molecule has 4 heteroatoms. The Balaban J connectivity index is 2.08. The SMILES string of the molecule is CC(C)NC[C@H](COc1cccc2ccccc12)OC(=O)C(C)(C)C. The first-order valence-corrected chi connectivity index (χ1v) is 8.82. The summed E-state index contributed by atoms with van der Waals surface area (Å²) in [7, 11) is 0. The van der Waals surface area contributed by atoms with Gasteiger partial charge in [-0.3, -0.25) is 4.79 Å². The van der Waals surface area contributed by atoms with Gasteiger partial charge in [0.2, 0.25) is 0 Å². The molecule has 2 rings (SSSR count). The first kappa shape index (κ1) is 19.3. The topological polar surface area (TPSA) is 47.6 Å². The van der Waals surface area contributed by atoms with Crippen LogP contribution in [0, 0.1) is 5.41 Å². The van der Waals surface area contributed by atoms with Gasteiger partial charge < -0.3 is 14.8 Å². The molecule has 0 bridgehead atoms. The molecule has 4 nitrogen and oxygen atoms in total. The van der Waals surface area contributed by atoms with Crippen LogP contribution in [-0.2, 0) is 9.53 Å². The number of rotatable bonds is 7. The van der Waals surface area contributed by atoms with Gasteiger partial charge in [-0.05, 0) is 32.2 Å². The summed E-state index contributed by atoms with van der Waals surface area (Å²) in [6, 6.07) is 14.4. The number of ether oxygens (including phenoxy) is 2. The van der Waals surface area contributed by atoms with Crippen LogP contribution in [0.25, 0.3) is 10.8 Å². The van der Waals surface area contributed by atoms with E-state index in [4.69, 9.17) is 9.47 Å². The Labute approximate surface area is 150 Å². The normalized spacial score (nSPS) is 13.0. The third kappa shape index (κ3) is 5.75. The van der Waals surface area contributed by atoms with Crippen molar-refractivity contribution < 1.29 is 14.3 Å². The minimum Gasteiger partial charge on any atom is -0.489 e. The fourth-order valence-electron chi connectivity index (χ4n) is 2.33. The van der Waals surface area contributed by atoms with Crippen LogP contribution in [0.4, 0.5) is 0 Å². The van der Waals surface area contributed by atoms with E-state index in [9.17, 15) is 4.79 Å². The van der Waals surface area contributed by atoms with Gasteiger partial charge in [0.25, 0.3) is 0 Å². The molecule has 0 aliphatic heterocycles. The standard InChI is InChI=1S/C21H29NO3/c1-15(2)22-13-17(25-20(23)21(3,4)5)14-24-19-12-8-10-16-9-6-7-11-18(16)19/h6-12,15,17,22H,13-14H2,1-5H3/t17-/m1/s1. The lowest BCUT2D eigenvalue weighted by atomic mass is 9.97. The van der Waals surface area contributed by atoms with E-state index in [0.29, 0.717) is 19.2 Å². The van der Waals surface area contributed by atoms with Gasteiger partial charge in [-0.1, -0.05) is 50.2 Å². The summed E-state index contributed by atoms with van der Waals surface area (Å²) >= 11 is 0. The van der Waals surface area contributed by atoms with Gasteiger partial charge in [-0.25, -0.2) is 0 Å². The van der Waals surface area contributed by atoms with E-state index in [1.54, 1.807) is 0 Å². The van der Waals surface area contributed by atoms with Gasteiger partial charge >= 0.3 is 5.97 Å². The fourth-order valence-corrected chi connectivity index (χ4v) is 2.33. The monoisotopic (exact) mass is 343 g/mol. The molecule has 0 heterocycles. The van der Waals surface area contributed by atoms with Crippen molar-refractivity contribution in [3.8, 4) is 5.75 Å². The second kappa shape index (κ2) is 8.34. The molecule has 0 radical (unpaired) electrons. The number of hydrogen-bond acceptors (Lipinski definition) is 4. The number of carbonyl (C=O) groups is 1. The van der Waals surface area contributed by atoms with E-state index in [-0.39, 0.29) is 12.1 Å². The Morgan fingerprint density at radius 1 is 1.08 bits per heavy atom. The molecule has 0 fully saturated rings. The lowest BCUT2D eigenvalue weighted by Crippen LogP contribution is -2.40. The highest BCUT2D eigenvalue weighted by molar-refractivity contribution is 5.88. The second-order valence-corrected chi connectivity index (χ2v) is 7.63. The molecule has 136 valence electrons. The van der Waals surface area contributed by atoms with E-state index < -0.39 is 5.41 Å². The third-order valence-corrected chi connectivity index (χ3v) is 3.81. The summed E-state index contributed by atoms with van der Waals surface area (Å²) in [5, 5.41) is 5.50. The maximum Gasteiger partial charge on any atom is 0.311 e. The smallest absolute Gasteiger partial charge is 0.311 e. The predicted molar refractivity (Wildman–Crippen MR) is 102 cm³/mol. The average molecular weight is 343 g/mol. The van der Waals surface area contributed by atoms with Crippen LogP contribution < -0.4 is 10.1 Å². The highest BCUT2D eigenvalue weighted by Gasteiger charge is 2.26. The molecule has 2 aromatic carbocycles. The minimum absolute atomic E-state index is 0.218. The van der Waals surface area contributed by atoms with Crippen molar-refractivity contribution in [2.24, 2.45) is 5.41 Å². The molecule has 25 heavy (non-hydrogen) atoms. The van der Waals surface area contributed by atoms with Crippen molar-refractivity contribution in [1.29, 1.82) is 0 Å². The lowest BCUT2D eigenvalue weighted by molar-refractivity contribution is -0.159. The van der Waals surface area contributed by atoms with E-state index >= 15 is 0 Å². The zero-order valence-corrected chi connectivity index (χ0v) is 15.8. The number of hydrogen-bond donors (Lipinski definition) is 1. The number of benzene rings is 2. The van der Waals surface area contributed by atoms with Crippen molar-refractivity contribution in [1.82, 2.24) is 5.32 Å². The number of carbonyl (C=O) groups excluding carboxylic acids is 1. The molecule has 0 aliphatic rings. The summed E-state index contributed by atoms with van der Waals surface area (Å²) in [5.41, 5.74) is -0.532. The van der Waals surface area contributed by atoms with Crippen LogP contribution >= 0.6 is 0 Å². The first-order valence-electron chi connectivity index (χ1n) is 8.82. The molecule has 1 N–H and O–H groups in total. The minimum atomic E-state index is -0.532. The van der Waals surface area contributed by atoms with E-state index in [1.807, 2.05) is 51.1 Å².